The zero-order valence-corrected chi connectivity index (χ0v) is 8.67. The van der Waals surface area contributed by atoms with E-state index in [0.717, 1.165) is 22.2 Å². The molecule has 0 saturated heterocycles. The van der Waals surface area contributed by atoms with Crippen molar-refractivity contribution in [2.75, 3.05) is 0 Å². The third-order valence-corrected chi connectivity index (χ3v) is 2.22. The van der Waals surface area contributed by atoms with Crippen LogP contribution in [0.15, 0.2) is 30.9 Å². The number of aromatic hydroxyl groups is 1. The van der Waals surface area contributed by atoms with Crippen LogP contribution in [0.3, 0.4) is 0 Å². The Morgan fingerprint density at radius 1 is 1.55 bits per heavy atom. The van der Waals surface area contributed by atoms with Crippen LogP contribution in [-0.4, -0.2) is 15.3 Å². The van der Waals surface area contributed by atoms with Gasteiger partial charge in [0.1, 0.15) is 5.75 Å². The molecule has 0 aromatic heterocycles. The molecule has 0 bridgehead atoms. The summed E-state index contributed by atoms with van der Waals surface area (Å²) in [5.74, 6) is 0.379. The Morgan fingerprint density at radius 2 is 2.27 bits per heavy atom. The lowest BCUT2D eigenvalue weighted by molar-refractivity contribution is 0.470. The molecule has 58 valence electrons. The van der Waals surface area contributed by atoms with E-state index in [0.29, 0.717) is 5.75 Å². The summed E-state index contributed by atoms with van der Waals surface area (Å²) < 4.78 is 0. The largest absolute Gasteiger partial charge is 0.508 e. The van der Waals surface area contributed by atoms with E-state index in [1.54, 1.807) is 12.1 Å². The average Bonchev–Trinajstić information content (AvgIpc) is 1.98. The SMILES string of the molecule is C=CCc1cc([SiH3])ccc1O. The molecule has 1 N–H and O–H groups in total. The molecule has 2 heteroatoms. The summed E-state index contributed by atoms with van der Waals surface area (Å²) >= 11 is 0. The van der Waals surface area contributed by atoms with Crippen LogP contribution in [0.4, 0.5) is 0 Å². The number of allylic oxidation sites excluding steroid dienone is 1. The first-order valence-electron chi connectivity index (χ1n) is 3.63. The first-order valence-corrected chi connectivity index (χ1v) is 4.63. The topological polar surface area (TPSA) is 20.2 Å². The number of hydrogen-bond acceptors (Lipinski definition) is 1. The summed E-state index contributed by atoms with van der Waals surface area (Å²) in [4.78, 5) is 0. The molecule has 0 radical (unpaired) electrons. The molecule has 0 saturated carbocycles. The Kier molecular flexibility index (Phi) is 2.49. The summed E-state index contributed by atoms with van der Waals surface area (Å²) in [5, 5.41) is 10.6. The van der Waals surface area contributed by atoms with Gasteiger partial charge in [0.05, 0.1) is 0 Å². The predicted octanol–water partition coefficient (Wildman–Crippen LogP) is 0.111. The van der Waals surface area contributed by atoms with Crippen LogP contribution in [0.5, 0.6) is 5.75 Å². The zero-order chi connectivity index (χ0) is 8.27. The highest BCUT2D eigenvalue weighted by Crippen LogP contribution is 2.14. The molecule has 0 aliphatic carbocycles. The molecule has 1 aromatic rings. The first kappa shape index (κ1) is 8.08. The second-order valence-corrected chi connectivity index (χ2v) is 3.78. The number of rotatable bonds is 2. The minimum absolute atomic E-state index is 0.379. The molecule has 0 heterocycles. The van der Waals surface area contributed by atoms with Gasteiger partial charge in [-0.2, -0.15) is 0 Å². The minimum atomic E-state index is 0.379. The van der Waals surface area contributed by atoms with Gasteiger partial charge in [0.25, 0.3) is 0 Å². The van der Waals surface area contributed by atoms with Crippen molar-refractivity contribution in [2.24, 2.45) is 0 Å². The highest BCUT2D eigenvalue weighted by atomic mass is 28.1. The number of phenolic OH excluding ortho intramolecular Hbond substituents is 1. The van der Waals surface area contributed by atoms with E-state index in [4.69, 9.17) is 0 Å². The molecular weight excluding hydrogens is 152 g/mol. The summed E-state index contributed by atoms with van der Waals surface area (Å²) in [6.07, 6.45) is 2.55. The first-order chi connectivity index (χ1) is 5.24. The van der Waals surface area contributed by atoms with Gasteiger partial charge in [-0.1, -0.05) is 23.4 Å². The van der Waals surface area contributed by atoms with Crippen LogP contribution in [0, 0.1) is 0 Å². The van der Waals surface area contributed by atoms with E-state index in [9.17, 15) is 5.11 Å². The van der Waals surface area contributed by atoms with Gasteiger partial charge in [0.2, 0.25) is 0 Å². The minimum Gasteiger partial charge on any atom is -0.508 e. The van der Waals surface area contributed by atoms with E-state index >= 15 is 0 Å². The normalized spacial score (nSPS) is 9.82. The molecule has 0 fully saturated rings. The second-order valence-electron chi connectivity index (χ2n) is 2.62. The maximum atomic E-state index is 9.33. The highest BCUT2D eigenvalue weighted by molar-refractivity contribution is 6.32. The quantitative estimate of drug-likeness (QED) is 0.486. The summed E-state index contributed by atoms with van der Waals surface area (Å²) in [6, 6.07) is 5.73. The maximum Gasteiger partial charge on any atom is 0.119 e. The fraction of sp³-hybridized carbons (Fsp3) is 0.111. The van der Waals surface area contributed by atoms with Gasteiger partial charge >= 0.3 is 0 Å². The predicted molar refractivity (Wildman–Crippen MR) is 51.6 cm³/mol. The summed E-state index contributed by atoms with van der Waals surface area (Å²) in [6.45, 7) is 3.63. The van der Waals surface area contributed by atoms with Gasteiger partial charge in [0.15, 0.2) is 0 Å². The number of phenols is 1. The van der Waals surface area contributed by atoms with Crippen molar-refractivity contribution in [3.05, 3.63) is 36.4 Å². The molecule has 0 unspecified atom stereocenters. The lowest BCUT2D eigenvalue weighted by atomic mass is 10.1. The molecular formula is C9H12OSi. The molecule has 0 atom stereocenters. The van der Waals surface area contributed by atoms with Gasteiger partial charge in [-0.15, -0.1) is 6.58 Å². The third kappa shape index (κ3) is 1.95. The second kappa shape index (κ2) is 3.39. The average molecular weight is 164 g/mol. The van der Waals surface area contributed by atoms with E-state index < -0.39 is 0 Å². The van der Waals surface area contributed by atoms with E-state index in [1.807, 2.05) is 12.1 Å². The molecule has 1 rings (SSSR count). The molecule has 0 spiro atoms. The molecule has 11 heavy (non-hydrogen) atoms. The lowest BCUT2D eigenvalue weighted by Gasteiger charge is -2.01. The fourth-order valence-electron chi connectivity index (χ4n) is 1.03. The van der Waals surface area contributed by atoms with Gasteiger partial charge in [-0.25, -0.2) is 0 Å². The fourth-order valence-corrected chi connectivity index (χ4v) is 1.55. The van der Waals surface area contributed by atoms with Crippen LogP contribution in [-0.2, 0) is 6.42 Å². The van der Waals surface area contributed by atoms with E-state index in [1.165, 1.54) is 5.19 Å². The Hall–Kier alpha value is -1.02. The smallest absolute Gasteiger partial charge is 0.119 e. The van der Waals surface area contributed by atoms with Crippen LogP contribution < -0.4 is 5.19 Å². The Labute approximate surface area is 69.8 Å². The van der Waals surface area contributed by atoms with E-state index in [2.05, 4.69) is 6.58 Å². The van der Waals surface area contributed by atoms with Crippen molar-refractivity contribution in [3.63, 3.8) is 0 Å². The zero-order valence-electron chi connectivity index (χ0n) is 6.67. The van der Waals surface area contributed by atoms with Gasteiger partial charge in [-0.05, 0) is 18.1 Å². The maximum absolute atomic E-state index is 9.33. The Morgan fingerprint density at radius 3 is 2.91 bits per heavy atom. The van der Waals surface area contributed by atoms with Crippen molar-refractivity contribution in [1.29, 1.82) is 0 Å². The van der Waals surface area contributed by atoms with Crippen molar-refractivity contribution >= 4 is 15.4 Å². The van der Waals surface area contributed by atoms with Crippen molar-refractivity contribution < 1.29 is 5.11 Å². The van der Waals surface area contributed by atoms with Crippen LogP contribution in [0.1, 0.15) is 5.56 Å². The standard InChI is InChI=1S/C9H12OSi/c1-2-3-7-6-8(11)4-5-9(7)10/h2,4-6,10H,1,3H2,11H3. The van der Waals surface area contributed by atoms with Gasteiger partial charge in [0, 0.05) is 10.2 Å². The number of hydrogen-bond donors (Lipinski definition) is 1. The van der Waals surface area contributed by atoms with Crippen molar-refractivity contribution in [3.8, 4) is 5.75 Å². The molecule has 0 aliphatic heterocycles. The van der Waals surface area contributed by atoms with E-state index in [-0.39, 0.29) is 0 Å². The van der Waals surface area contributed by atoms with Crippen molar-refractivity contribution in [2.45, 2.75) is 6.42 Å². The molecule has 1 nitrogen and oxygen atoms in total. The summed E-state index contributed by atoms with van der Waals surface area (Å²) in [5.41, 5.74) is 0.979. The monoisotopic (exact) mass is 164 g/mol. The molecule has 0 aliphatic rings. The van der Waals surface area contributed by atoms with Crippen LogP contribution >= 0.6 is 0 Å². The summed E-state index contributed by atoms with van der Waals surface area (Å²) in [7, 11) is 1.03. The van der Waals surface area contributed by atoms with Crippen LogP contribution in [0.2, 0.25) is 0 Å². The Bertz CT molecular complexity index is 268. The van der Waals surface area contributed by atoms with Gasteiger partial charge < -0.3 is 5.11 Å². The Balaban J connectivity index is 3.01. The highest BCUT2D eigenvalue weighted by Gasteiger charge is 1.97. The molecule has 0 amide bonds. The van der Waals surface area contributed by atoms with Crippen molar-refractivity contribution in [1.82, 2.24) is 0 Å². The third-order valence-electron chi connectivity index (χ3n) is 1.60. The lowest BCUT2D eigenvalue weighted by Crippen LogP contribution is -2.02. The van der Waals surface area contributed by atoms with Crippen LogP contribution in [0.25, 0.3) is 0 Å². The molecule has 1 aromatic carbocycles. The van der Waals surface area contributed by atoms with Gasteiger partial charge in [-0.3, -0.25) is 0 Å². The number of benzene rings is 1.